The third kappa shape index (κ3) is 7010. The maximum Gasteiger partial charge on any atom is 2.00 e. The summed E-state index contributed by atoms with van der Waals surface area (Å²) >= 11 is 0. The van der Waals surface area contributed by atoms with Gasteiger partial charge in [-0.3, -0.25) is 0 Å². The Morgan fingerprint density at radius 1 is 0.889 bits per heavy atom. The molecule has 0 bridgehead atoms. The van der Waals surface area contributed by atoms with E-state index in [0.29, 0.717) is 0 Å². The molecule has 0 aliphatic heterocycles. The quantitative estimate of drug-likeness (QED) is 0.198. The molecule has 8 N–H and O–H groups in total. The van der Waals surface area contributed by atoms with Crippen molar-refractivity contribution in [3.05, 3.63) is 15.3 Å². The molecule has 0 aliphatic rings. The molecule has 0 amide bonds. The van der Waals surface area contributed by atoms with E-state index in [2.05, 4.69) is 0 Å². The molecule has 0 fully saturated rings. The summed E-state index contributed by atoms with van der Waals surface area (Å²) in [4.78, 5) is 8.25. The van der Waals surface area contributed by atoms with Crippen LogP contribution in [0.15, 0.2) is 0 Å². The Kier molecular flexibility index (Phi) is 348. The minimum atomic E-state index is -1.75. The first kappa shape index (κ1) is 68.1. The van der Waals surface area contributed by atoms with Crippen molar-refractivity contribution < 1.29 is 27.0 Å². The maximum atomic E-state index is 8.25. The van der Waals surface area contributed by atoms with Gasteiger partial charge in [0, 0.05) is 0 Å². The van der Waals surface area contributed by atoms with Crippen molar-refractivity contribution in [2.24, 2.45) is 0 Å². The van der Waals surface area contributed by atoms with E-state index in [1.165, 1.54) is 0 Å². The Labute approximate surface area is 66.0 Å². The fourth-order valence-corrected chi connectivity index (χ4v) is 0. The summed E-state index contributed by atoms with van der Waals surface area (Å²) in [6.07, 6.45) is 0. The van der Waals surface area contributed by atoms with Crippen molar-refractivity contribution >= 4 is 23.1 Å². The Hall–Kier alpha value is -0.194. The molecule has 0 unspecified atom stereocenters. The van der Waals surface area contributed by atoms with Crippen molar-refractivity contribution in [3.8, 4) is 0 Å². The van der Waals surface area contributed by atoms with Crippen LogP contribution in [0.4, 0.5) is 0 Å². The van der Waals surface area contributed by atoms with Gasteiger partial charge >= 0.3 is 23.1 Å². The fourth-order valence-electron chi connectivity index (χ4n) is 0. The molecule has 0 saturated carbocycles. The van der Waals surface area contributed by atoms with Gasteiger partial charge in [-0.25, -0.2) is 0 Å². The molecule has 0 aromatic heterocycles. The zero-order valence-corrected chi connectivity index (χ0v) is 5.79. The molecule has 0 aromatic rings. The standard InChI is InChI=1S/Mg.NO3.4H2O/c;2-1(3)4;;;;/h;;4*1H2/q+2;-1;;;;. The van der Waals surface area contributed by atoms with E-state index in [-0.39, 0.29) is 45.0 Å². The molecule has 0 aliphatic carbocycles. The first-order valence-corrected chi connectivity index (χ1v) is 0.548. The van der Waals surface area contributed by atoms with Gasteiger partial charge < -0.3 is 37.2 Å². The van der Waals surface area contributed by atoms with E-state index in [9.17, 15) is 0 Å². The predicted molar refractivity (Wildman–Crippen MR) is 30.6 cm³/mol. The van der Waals surface area contributed by atoms with Crippen molar-refractivity contribution in [2.75, 3.05) is 0 Å². The van der Waals surface area contributed by atoms with Crippen LogP contribution in [-0.2, 0) is 0 Å². The van der Waals surface area contributed by atoms with Gasteiger partial charge in [0.05, 0.1) is 5.09 Å². The number of hydrogen-bond acceptors (Lipinski definition) is 3. The molecule has 9 heteroatoms. The van der Waals surface area contributed by atoms with Crippen LogP contribution in [-0.4, -0.2) is 50.0 Å². The molecule has 0 saturated heterocycles. The average molecular weight is 158 g/mol. The van der Waals surface area contributed by atoms with Crippen LogP contribution in [0, 0.1) is 15.3 Å². The van der Waals surface area contributed by atoms with Gasteiger partial charge in [0.2, 0.25) is 0 Å². The first-order valence-electron chi connectivity index (χ1n) is 0.548. The number of nitrogens with zero attached hydrogens (tertiary/aromatic N) is 1. The minimum Gasteiger partial charge on any atom is -0.412 e. The zero-order chi connectivity index (χ0) is 3.58. The molecule has 0 radical (unpaired) electrons. The summed E-state index contributed by atoms with van der Waals surface area (Å²) in [6.45, 7) is 0. The molecule has 0 atom stereocenters. The Balaban J connectivity index is -0.00000000450. The number of hydrogen-bond donors (Lipinski definition) is 0. The largest absolute Gasteiger partial charge is 2.00 e. The summed E-state index contributed by atoms with van der Waals surface area (Å²) in [5.41, 5.74) is 0. The van der Waals surface area contributed by atoms with E-state index >= 15 is 0 Å². The van der Waals surface area contributed by atoms with Gasteiger partial charge in [-0.2, -0.15) is 0 Å². The molecular weight excluding hydrogens is 150 g/mol. The molecule has 0 rings (SSSR count). The summed E-state index contributed by atoms with van der Waals surface area (Å²) < 4.78 is 0. The van der Waals surface area contributed by atoms with Gasteiger partial charge in [0.25, 0.3) is 0 Å². The molecule has 8 nitrogen and oxygen atoms in total. The van der Waals surface area contributed by atoms with Crippen LogP contribution in [0.25, 0.3) is 0 Å². The van der Waals surface area contributed by atoms with Crippen LogP contribution in [0.1, 0.15) is 0 Å². The van der Waals surface area contributed by atoms with Crippen LogP contribution >= 0.6 is 0 Å². The van der Waals surface area contributed by atoms with E-state index in [1.807, 2.05) is 0 Å². The smallest absolute Gasteiger partial charge is 0.412 e. The monoisotopic (exact) mass is 158 g/mol. The average Bonchev–Trinajstić information content (AvgIpc) is 0.811. The second kappa shape index (κ2) is 45.9. The Morgan fingerprint density at radius 3 is 0.889 bits per heavy atom. The zero-order valence-electron chi connectivity index (χ0n) is 4.38. The predicted octanol–water partition coefficient (Wildman–Crippen LogP) is -3.92. The van der Waals surface area contributed by atoms with Crippen molar-refractivity contribution in [3.63, 3.8) is 0 Å². The second-order valence-corrected chi connectivity index (χ2v) is 0.224. The summed E-state index contributed by atoms with van der Waals surface area (Å²) in [5.74, 6) is 0. The summed E-state index contributed by atoms with van der Waals surface area (Å²) in [5, 5.41) is 14.8. The Morgan fingerprint density at radius 2 is 0.889 bits per heavy atom. The maximum absolute atomic E-state index is 8.25. The van der Waals surface area contributed by atoms with E-state index < -0.39 is 5.09 Å². The summed E-state index contributed by atoms with van der Waals surface area (Å²) in [6, 6.07) is 0. The van der Waals surface area contributed by atoms with Gasteiger partial charge in [-0.05, 0) is 0 Å². The van der Waals surface area contributed by atoms with E-state index in [4.69, 9.17) is 15.3 Å². The van der Waals surface area contributed by atoms with Gasteiger partial charge in [0.15, 0.2) is 0 Å². The third-order valence-electron chi connectivity index (χ3n) is 0. The van der Waals surface area contributed by atoms with Crippen molar-refractivity contribution in [1.82, 2.24) is 0 Å². The molecule has 0 aromatic carbocycles. The Bertz CT molecular complexity index is 31.9. The minimum absolute atomic E-state index is 0. The normalized spacial score (nSPS) is 2.67. The topological polar surface area (TPSA) is 192 Å². The van der Waals surface area contributed by atoms with E-state index in [0.717, 1.165) is 0 Å². The third-order valence-corrected chi connectivity index (χ3v) is 0. The fraction of sp³-hybridized carbons (Fsp3) is 0. The van der Waals surface area contributed by atoms with Crippen LogP contribution in [0.5, 0.6) is 0 Å². The van der Waals surface area contributed by atoms with Crippen molar-refractivity contribution in [2.45, 2.75) is 0 Å². The molecule has 0 spiro atoms. The summed E-state index contributed by atoms with van der Waals surface area (Å²) in [7, 11) is 0. The van der Waals surface area contributed by atoms with Crippen LogP contribution < -0.4 is 0 Å². The molecule has 9 heavy (non-hydrogen) atoms. The van der Waals surface area contributed by atoms with Gasteiger partial charge in [-0.1, -0.05) is 0 Å². The van der Waals surface area contributed by atoms with E-state index in [1.54, 1.807) is 0 Å². The second-order valence-electron chi connectivity index (χ2n) is 0.224. The first-order chi connectivity index (χ1) is 1.73. The van der Waals surface area contributed by atoms with Crippen molar-refractivity contribution in [1.29, 1.82) is 0 Å². The van der Waals surface area contributed by atoms with Gasteiger partial charge in [-0.15, -0.1) is 0 Å². The molecular formula is H8MgNO7+. The SMILES string of the molecule is O.O.O.O.O=[N+]([O-])[O-].[Mg+2]. The number of rotatable bonds is 0. The molecule has 56 valence electrons. The van der Waals surface area contributed by atoms with Crippen LogP contribution in [0.3, 0.4) is 0 Å². The van der Waals surface area contributed by atoms with Crippen LogP contribution in [0.2, 0.25) is 0 Å². The van der Waals surface area contributed by atoms with Gasteiger partial charge in [0.1, 0.15) is 0 Å². The molecule has 0 heterocycles.